The molecule has 1 saturated heterocycles. The van der Waals surface area contributed by atoms with E-state index < -0.39 is 5.97 Å². The predicted molar refractivity (Wildman–Crippen MR) is 76.2 cm³/mol. The predicted octanol–water partition coefficient (Wildman–Crippen LogP) is 0.735. The fourth-order valence-electron chi connectivity index (χ4n) is 1.96. The molecular weight excluding hydrogens is 296 g/mol. The zero-order chi connectivity index (χ0) is 15.2. The van der Waals surface area contributed by atoms with Gasteiger partial charge in [-0.2, -0.15) is 0 Å². The summed E-state index contributed by atoms with van der Waals surface area (Å²) in [5.74, 6) is -1.12. The van der Waals surface area contributed by atoms with Gasteiger partial charge in [-0.15, -0.1) is 10.2 Å². The number of carboxylic acids is 1. The summed E-state index contributed by atoms with van der Waals surface area (Å²) in [4.78, 5) is 23.9. The molecule has 9 heteroatoms. The standard InChI is InChI=1S/C12H18N4O4S/c1-16(5-4-10(18)19)7-9(17)13-12-15-14-11(21-12)8-3-2-6-20-8/h8H,2-7H2,1H3,(H,18,19)(H,13,15,17). The summed E-state index contributed by atoms with van der Waals surface area (Å²) in [5.41, 5.74) is 0. The number of nitrogens with one attached hydrogen (secondary N) is 1. The van der Waals surface area contributed by atoms with E-state index in [4.69, 9.17) is 9.84 Å². The number of amides is 1. The number of carboxylic acid groups (broad SMARTS) is 1. The van der Waals surface area contributed by atoms with Gasteiger partial charge in [0.05, 0.1) is 13.0 Å². The summed E-state index contributed by atoms with van der Waals surface area (Å²) in [6.45, 7) is 1.17. The highest BCUT2D eigenvalue weighted by Gasteiger charge is 2.22. The van der Waals surface area contributed by atoms with Crippen LogP contribution < -0.4 is 5.32 Å². The molecule has 21 heavy (non-hydrogen) atoms. The van der Waals surface area contributed by atoms with Crippen molar-refractivity contribution in [2.24, 2.45) is 0 Å². The molecular formula is C12H18N4O4S. The third-order valence-corrected chi connectivity index (χ3v) is 3.94. The maximum Gasteiger partial charge on any atom is 0.304 e. The zero-order valence-corrected chi connectivity index (χ0v) is 12.6. The highest BCUT2D eigenvalue weighted by atomic mass is 32.1. The van der Waals surface area contributed by atoms with E-state index in [0.29, 0.717) is 11.7 Å². The number of aliphatic carboxylic acids is 1. The van der Waals surface area contributed by atoms with Crippen LogP contribution in [-0.4, -0.2) is 58.8 Å². The Morgan fingerprint density at radius 3 is 3.00 bits per heavy atom. The monoisotopic (exact) mass is 314 g/mol. The van der Waals surface area contributed by atoms with Crippen molar-refractivity contribution in [3.8, 4) is 0 Å². The number of ether oxygens (including phenoxy) is 1. The molecule has 1 atom stereocenters. The zero-order valence-electron chi connectivity index (χ0n) is 11.7. The molecule has 116 valence electrons. The number of likely N-dealkylation sites (N-methyl/N-ethyl adjacent to an activating group) is 1. The Bertz CT molecular complexity index is 501. The molecule has 1 fully saturated rings. The number of carbonyl (C=O) groups excluding carboxylic acids is 1. The lowest BCUT2D eigenvalue weighted by Gasteiger charge is -2.13. The summed E-state index contributed by atoms with van der Waals surface area (Å²) in [7, 11) is 1.69. The van der Waals surface area contributed by atoms with Crippen molar-refractivity contribution < 1.29 is 19.4 Å². The lowest BCUT2D eigenvalue weighted by molar-refractivity contribution is -0.137. The molecule has 1 amide bonds. The quantitative estimate of drug-likeness (QED) is 0.764. The van der Waals surface area contributed by atoms with Crippen LogP contribution >= 0.6 is 11.3 Å². The molecule has 2 rings (SSSR count). The third-order valence-electron chi connectivity index (χ3n) is 3.01. The van der Waals surface area contributed by atoms with E-state index in [1.807, 2.05) is 0 Å². The Kier molecular flexibility index (Phi) is 5.59. The summed E-state index contributed by atoms with van der Waals surface area (Å²) in [6, 6.07) is 0. The average molecular weight is 314 g/mol. The molecule has 1 unspecified atom stereocenters. The van der Waals surface area contributed by atoms with Gasteiger partial charge in [-0.05, 0) is 19.9 Å². The Hall–Kier alpha value is -1.58. The minimum atomic E-state index is -0.882. The van der Waals surface area contributed by atoms with Crippen molar-refractivity contribution in [1.29, 1.82) is 0 Å². The van der Waals surface area contributed by atoms with Crippen LogP contribution in [0.3, 0.4) is 0 Å². The van der Waals surface area contributed by atoms with E-state index in [1.54, 1.807) is 11.9 Å². The second-order valence-electron chi connectivity index (χ2n) is 4.88. The lowest BCUT2D eigenvalue weighted by Crippen LogP contribution is -2.31. The number of rotatable bonds is 7. The van der Waals surface area contributed by atoms with Gasteiger partial charge in [0.15, 0.2) is 0 Å². The second kappa shape index (κ2) is 7.43. The highest BCUT2D eigenvalue weighted by molar-refractivity contribution is 7.15. The molecule has 0 aromatic carbocycles. The number of hydrogen-bond acceptors (Lipinski definition) is 7. The molecule has 2 N–H and O–H groups in total. The van der Waals surface area contributed by atoms with E-state index in [-0.39, 0.29) is 25.0 Å². The summed E-state index contributed by atoms with van der Waals surface area (Å²) >= 11 is 1.31. The summed E-state index contributed by atoms with van der Waals surface area (Å²) in [5, 5.41) is 20.4. The van der Waals surface area contributed by atoms with Gasteiger partial charge < -0.3 is 9.84 Å². The second-order valence-corrected chi connectivity index (χ2v) is 5.89. The molecule has 0 saturated carbocycles. The maximum absolute atomic E-state index is 11.8. The van der Waals surface area contributed by atoms with Crippen molar-refractivity contribution in [3.05, 3.63) is 5.01 Å². The van der Waals surface area contributed by atoms with Crippen LogP contribution in [0.2, 0.25) is 0 Å². The Morgan fingerprint density at radius 2 is 2.33 bits per heavy atom. The van der Waals surface area contributed by atoms with Gasteiger partial charge in [-0.25, -0.2) is 0 Å². The molecule has 0 bridgehead atoms. The highest BCUT2D eigenvalue weighted by Crippen LogP contribution is 2.31. The van der Waals surface area contributed by atoms with Crippen LogP contribution in [0.5, 0.6) is 0 Å². The van der Waals surface area contributed by atoms with Crippen molar-refractivity contribution >= 4 is 28.3 Å². The lowest BCUT2D eigenvalue weighted by atomic mass is 10.2. The minimum Gasteiger partial charge on any atom is -0.481 e. The normalized spacial score (nSPS) is 18.1. The summed E-state index contributed by atoms with van der Waals surface area (Å²) in [6.07, 6.45) is 1.94. The van der Waals surface area contributed by atoms with Gasteiger partial charge in [0.2, 0.25) is 11.0 Å². The molecule has 1 aliphatic rings. The minimum absolute atomic E-state index is 0.00571. The van der Waals surface area contributed by atoms with Crippen LogP contribution in [0.1, 0.15) is 30.4 Å². The maximum atomic E-state index is 11.8. The molecule has 0 spiro atoms. The molecule has 1 aromatic rings. The van der Waals surface area contributed by atoms with Crippen molar-refractivity contribution in [1.82, 2.24) is 15.1 Å². The van der Waals surface area contributed by atoms with E-state index in [2.05, 4.69) is 15.5 Å². The Labute approximate surface area is 126 Å². The average Bonchev–Trinajstić information content (AvgIpc) is 3.06. The van der Waals surface area contributed by atoms with Crippen molar-refractivity contribution in [2.75, 3.05) is 32.1 Å². The van der Waals surface area contributed by atoms with Gasteiger partial charge >= 0.3 is 5.97 Å². The van der Waals surface area contributed by atoms with Gasteiger partial charge in [-0.3, -0.25) is 19.8 Å². The molecule has 0 radical (unpaired) electrons. The van der Waals surface area contributed by atoms with Crippen LogP contribution in [0.15, 0.2) is 0 Å². The van der Waals surface area contributed by atoms with Crippen LogP contribution in [-0.2, 0) is 14.3 Å². The van der Waals surface area contributed by atoms with Crippen LogP contribution in [0.25, 0.3) is 0 Å². The molecule has 1 aromatic heterocycles. The fourth-order valence-corrected chi connectivity index (χ4v) is 2.80. The molecule has 0 aliphatic carbocycles. The number of carbonyl (C=O) groups is 2. The molecule has 2 heterocycles. The van der Waals surface area contributed by atoms with E-state index in [1.165, 1.54) is 11.3 Å². The number of aromatic nitrogens is 2. The fraction of sp³-hybridized carbons (Fsp3) is 0.667. The number of hydrogen-bond donors (Lipinski definition) is 2. The van der Waals surface area contributed by atoms with E-state index in [9.17, 15) is 9.59 Å². The van der Waals surface area contributed by atoms with Crippen LogP contribution in [0.4, 0.5) is 5.13 Å². The Morgan fingerprint density at radius 1 is 1.52 bits per heavy atom. The SMILES string of the molecule is CN(CCC(=O)O)CC(=O)Nc1nnc(C2CCCO2)s1. The summed E-state index contributed by atoms with van der Waals surface area (Å²) < 4.78 is 5.51. The van der Waals surface area contributed by atoms with E-state index in [0.717, 1.165) is 24.5 Å². The first-order valence-corrected chi connectivity index (χ1v) is 7.51. The third kappa shape index (κ3) is 5.03. The van der Waals surface area contributed by atoms with Crippen LogP contribution in [0, 0.1) is 0 Å². The topological polar surface area (TPSA) is 105 Å². The van der Waals surface area contributed by atoms with E-state index >= 15 is 0 Å². The van der Waals surface area contributed by atoms with Gasteiger partial charge in [0.25, 0.3) is 0 Å². The molecule has 1 aliphatic heterocycles. The largest absolute Gasteiger partial charge is 0.481 e. The van der Waals surface area contributed by atoms with Crippen molar-refractivity contribution in [2.45, 2.75) is 25.4 Å². The van der Waals surface area contributed by atoms with Gasteiger partial charge in [0, 0.05) is 13.2 Å². The first-order chi connectivity index (χ1) is 10.0. The first-order valence-electron chi connectivity index (χ1n) is 6.70. The van der Waals surface area contributed by atoms with Crippen molar-refractivity contribution in [3.63, 3.8) is 0 Å². The molecule has 8 nitrogen and oxygen atoms in total. The smallest absolute Gasteiger partial charge is 0.304 e. The Balaban J connectivity index is 1.78. The number of nitrogens with zero attached hydrogens (tertiary/aromatic N) is 3. The first kappa shape index (κ1) is 15.8. The number of anilines is 1. The van der Waals surface area contributed by atoms with Gasteiger partial charge in [-0.1, -0.05) is 11.3 Å². The van der Waals surface area contributed by atoms with Gasteiger partial charge in [0.1, 0.15) is 11.1 Å².